The summed E-state index contributed by atoms with van der Waals surface area (Å²) in [6.45, 7) is 4.74. The zero-order valence-corrected chi connectivity index (χ0v) is 14.5. The van der Waals surface area contributed by atoms with Crippen molar-refractivity contribution in [2.75, 3.05) is 6.26 Å². The Morgan fingerprint density at radius 2 is 1.67 bits per heavy atom. The Bertz CT molecular complexity index is 604. The molecule has 1 rings (SSSR count). The fraction of sp³-hybridized carbons (Fsp3) is 0.417. The Morgan fingerprint density at radius 3 is 2.11 bits per heavy atom. The van der Waals surface area contributed by atoms with Gasteiger partial charge in [-0.25, -0.2) is 8.42 Å². The van der Waals surface area contributed by atoms with Gasteiger partial charge in [-0.3, -0.25) is 4.79 Å². The average Bonchev–Trinajstić information content (AvgIpc) is 2.20. The van der Waals surface area contributed by atoms with Gasteiger partial charge in [0.15, 0.2) is 15.6 Å². The van der Waals surface area contributed by atoms with E-state index in [0.717, 1.165) is 16.3 Å². The number of hydrogen-bond acceptors (Lipinski definition) is 3. The summed E-state index contributed by atoms with van der Waals surface area (Å²) in [5, 5.41) is 0. The Morgan fingerprint density at radius 1 is 1.17 bits per heavy atom. The summed E-state index contributed by atoms with van der Waals surface area (Å²) in [6, 6.07) is 3.43. The van der Waals surface area contributed by atoms with Crippen molar-refractivity contribution in [3.63, 3.8) is 0 Å². The molecule has 0 saturated carbocycles. The minimum absolute atomic E-state index is 0.364. The molecule has 0 bridgehead atoms. The van der Waals surface area contributed by atoms with E-state index in [1.165, 1.54) is 13.8 Å². The van der Waals surface area contributed by atoms with Crippen LogP contribution in [0.5, 0.6) is 0 Å². The van der Waals surface area contributed by atoms with Crippen LogP contribution in [0.2, 0.25) is 0 Å². The molecule has 0 N–H and O–H groups in total. The van der Waals surface area contributed by atoms with Crippen molar-refractivity contribution in [3.05, 3.63) is 32.2 Å². The topological polar surface area (TPSA) is 51.2 Å². The van der Waals surface area contributed by atoms with Crippen molar-refractivity contribution in [1.29, 1.82) is 0 Å². The normalized spacial score (nSPS) is 12.6. The molecule has 0 radical (unpaired) electrons. The van der Waals surface area contributed by atoms with E-state index in [1.807, 2.05) is 6.92 Å². The first-order chi connectivity index (χ1) is 7.98. The van der Waals surface area contributed by atoms with E-state index in [4.69, 9.17) is 0 Å². The Kier molecular flexibility index (Phi) is 4.45. The van der Waals surface area contributed by atoms with Gasteiger partial charge in [0, 0.05) is 20.8 Å². The summed E-state index contributed by atoms with van der Waals surface area (Å²) in [5.41, 5.74) is 1.33. The Labute approximate surface area is 124 Å². The van der Waals surface area contributed by atoms with E-state index in [0.29, 0.717) is 10.0 Å². The highest BCUT2D eigenvalue weighted by atomic mass is 79.9. The van der Waals surface area contributed by atoms with Crippen LogP contribution in [-0.4, -0.2) is 25.2 Å². The van der Waals surface area contributed by atoms with Crippen molar-refractivity contribution in [1.82, 2.24) is 0 Å². The highest BCUT2D eigenvalue weighted by Gasteiger charge is 2.39. The predicted octanol–water partition coefficient (Wildman–Crippen LogP) is 3.53. The van der Waals surface area contributed by atoms with Crippen LogP contribution >= 0.6 is 31.9 Å². The van der Waals surface area contributed by atoms with Crippen LogP contribution in [0.1, 0.15) is 29.8 Å². The summed E-state index contributed by atoms with van der Waals surface area (Å²) in [5.74, 6) is -0.419. The van der Waals surface area contributed by atoms with Gasteiger partial charge in [0.25, 0.3) is 0 Å². The number of halogens is 2. The molecule has 0 aromatic heterocycles. The van der Waals surface area contributed by atoms with Crippen molar-refractivity contribution in [2.24, 2.45) is 0 Å². The van der Waals surface area contributed by atoms with Crippen LogP contribution in [0, 0.1) is 6.92 Å². The summed E-state index contributed by atoms with van der Waals surface area (Å²) in [7, 11) is -3.48. The highest BCUT2D eigenvalue weighted by Crippen LogP contribution is 2.30. The smallest absolute Gasteiger partial charge is 0.184 e. The van der Waals surface area contributed by atoms with Gasteiger partial charge in [-0.15, -0.1) is 0 Å². The highest BCUT2D eigenvalue weighted by molar-refractivity contribution is 9.11. The summed E-state index contributed by atoms with van der Waals surface area (Å²) in [6.07, 6.45) is 1.07. The maximum absolute atomic E-state index is 12.4. The molecule has 18 heavy (non-hydrogen) atoms. The Hall–Kier alpha value is -0.200. The molecule has 0 aliphatic heterocycles. The van der Waals surface area contributed by atoms with E-state index in [1.54, 1.807) is 12.1 Å². The first-order valence-corrected chi connectivity index (χ1v) is 8.66. The second-order valence-corrected chi connectivity index (χ2v) is 8.97. The zero-order chi connectivity index (χ0) is 14.3. The molecule has 0 amide bonds. The molecule has 1 aromatic rings. The second kappa shape index (κ2) is 5.06. The van der Waals surface area contributed by atoms with E-state index in [-0.39, 0.29) is 0 Å². The van der Waals surface area contributed by atoms with Gasteiger partial charge in [-0.1, -0.05) is 31.9 Å². The summed E-state index contributed by atoms with van der Waals surface area (Å²) < 4.78 is 23.3. The van der Waals surface area contributed by atoms with Gasteiger partial charge in [-0.2, -0.15) is 0 Å². The van der Waals surface area contributed by atoms with Crippen LogP contribution in [0.4, 0.5) is 0 Å². The van der Waals surface area contributed by atoms with Gasteiger partial charge >= 0.3 is 0 Å². The number of carbonyl (C=O) groups is 1. The third-order valence-corrected chi connectivity index (χ3v) is 6.52. The van der Waals surface area contributed by atoms with Crippen LogP contribution in [0.25, 0.3) is 0 Å². The SMILES string of the molecule is Cc1cc(Br)c(C(=O)C(C)(C)S(C)(=O)=O)cc1Br. The molecule has 0 atom stereocenters. The molecule has 0 spiro atoms. The monoisotopic (exact) mass is 396 g/mol. The van der Waals surface area contributed by atoms with Gasteiger partial charge in [0.05, 0.1) is 0 Å². The number of hydrogen-bond donors (Lipinski definition) is 0. The third-order valence-electron chi connectivity index (χ3n) is 2.97. The van der Waals surface area contributed by atoms with Crippen molar-refractivity contribution >= 4 is 47.5 Å². The molecule has 0 unspecified atom stereocenters. The largest absolute Gasteiger partial charge is 0.292 e. The van der Waals surface area contributed by atoms with E-state index < -0.39 is 20.4 Å². The summed E-state index contributed by atoms with van der Waals surface area (Å²) in [4.78, 5) is 12.4. The molecule has 0 fully saturated rings. The van der Waals surface area contributed by atoms with Crippen molar-refractivity contribution in [3.8, 4) is 0 Å². The van der Waals surface area contributed by atoms with Crippen molar-refractivity contribution < 1.29 is 13.2 Å². The number of sulfone groups is 1. The van der Waals surface area contributed by atoms with Crippen LogP contribution in [-0.2, 0) is 9.84 Å². The molecule has 3 nitrogen and oxygen atoms in total. The first-order valence-electron chi connectivity index (χ1n) is 5.18. The standard InChI is InChI=1S/C12H14Br2O3S/c1-7-5-10(14)8(6-9(7)13)11(15)12(2,3)18(4,16)17/h5-6H,1-4H3. The molecule has 0 heterocycles. The lowest BCUT2D eigenvalue weighted by atomic mass is 9.99. The lowest BCUT2D eigenvalue weighted by Crippen LogP contribution is -2.40. The predicted molar refractivity (Wildman–Crippen MR) is 79.8 cm³/mol. The third kappa shape index (κ3) is 2.86. The molecule has 6 heteroatoms. The van der Waals surface area contributed by atoms with E-state index >= 15 is 0 Å². The van der Waals surface area contributed by atoms with Crippen LogP contribution < -0.4 is 0 Å². The van der Waals surface area contributed by atoms with Crippen LogP contribution in [0.15, 0.2) is 21.1 Å². The molecular formula is C12H14Br2O3S. The number of ketones is 1. The second-order valence-electron chi connectivity index (χ2n) is 4.69. The lowest BCUT2D eigenvalue weighted by Gasteiger charge is -2.22. The lowest BCUT2D eigenvalue weighted by molar-refractivity contribution is 0.0953. The van der Waals surface area contributed by atoms with E-state index in [9.17, 15) is 13.2 Å². The van der Waals surface area contributed by atoms with Gasteiger partial charge in [-0.05, 0) is 38.5 Å². The number of rotatable bonds is 3. The number of aryl methyl sites for hydroxylation is 1. The molecular weight excluding hydrogens is 384 g/mol. The number of carbonyl (C=O) groups excluding carboxylic acids is 1. The van der Waals surface area contributed by atoms with Gasteiger partial charge in [0.1, 0.15) is 4.75 Å². The molecule has 1 aromatic carbocycles. The maximum atomic E-state index is 12.4. The molecule has 0 aliphatic carbocycles. The van der Waals surface area contributed by atoms with Crippen LogP contribution in [0.3, 0.4) is 0 Å². The minimum atomic E-state index is -3.48. The average molecular weight is 398 g/mol. The molecule has 0 aliphatic rings. The van der Waals surface area contributed by atoms with E-state index in [2.05, 4.69) is 31.9 Å². The van der Waals surface area contributed by atoms with Crippen molar-refractivity contribution in [2.45, 2.75) is 25.5 Å². The zero-order valence-electron chi connectivity index (χ0n) is 10.5. The fourth-order valence-electron chi connectivity index (χ4n) is 1.31. The number of Topliss-reactive ketones (excluding diaryl/α,β-unsaturated/α-hetero) is 1. The summed E-state index contributed by atoms with van der Waals surface area (Å²) >= 11 is 6.65. The maximum Gasteiger partial charge on any atom is 0.184 e. The molecule has 100 valence electrons. The first kappa shape index (κ1) is 15.9. The Balaban J connectivity index is 3.42. The van der Waals surface area contributed by atoms with Gasteiger partial charge < -0.3 is 0 Å². The number of benzene rings is 1. The quantitative estimate of drug-likeness (QED) is 0.733. The van der Waals surface area contributed by atoms with Gasteiger partial charge in [0.2, 0.25) is 0 Å². The fourth-order valence-corrected chi connectivity index (χ4v) is 2.74. The molecule has 0 saturated heterocycles. The minimum Gasteiger partial charge on any atom is -0.292 e.